The third-order valence-electron chi connectivity index (χ3n) is 2.65. The van der Waals surface area contributed by atoms with E-state index in [1.54, 1.807) is 0 Å². The summed E-state index contributed by atoms with van der Waals surface area (Å²) in [6, 6.07) is 0.458. The number of rotatable bonds is 1. The van der Waals surface area contributed by atoms with Gasteiger partial charge in [0, 0.05) is 19.1 Å². The average Bonchev–Trinajstić information content (AvgIpc) is 2.64. The molecule has 3 nitrogen and oxygen atoms in total. The molecule has 2 heterocycles. The predicted octanol–water partition coefficient (Wildman–Crippen LogP) is 0.344. The zero-order valence-electron chi connectivity index (χ0n) is 6.92. The number of hydrogen-bond acceptors (Lipinski definition) is 2. The van der Waals surface area contributed by atoms with Gasteiger partial charge in [-0.15, -0.1) is 0 Å². The molecule has 0 saturated carbocycles. The van der Waals surface area contributed by atoms with Crippen molar-refractivity contribution in [1.82, 2.24) is 10.2 Å². The molecule has 2 fully saturated rings. The molecule has 4 heteroatoms. The van der Waals surface area contributed by atoms with E-state index in [-0.39, 0.29) is 10.7 Å². The van der Waals surface area contributed by atoms with Gasteiger partial charge in [-0.25, -0.2) is 0 Å². The van der Waals surface area contributed by atoms with Gasteiger partial charge in [0.25, 0.3) is 0 Å². The molecular weight excluding hydrogens is 220 g/mol. The van der Waals surface area contributed by atoms with Gasteiger partial charge in [-0.05, 0) is 19.4 Å². The molecule has 1 amide bonds. The summed E-state index contributed by atoms with van der Waals surface area (Å²) in [5.41, 5.74) is 0. The second kappa shape index (κ2) is 3.34. The second-order valence-electron chi connectivity index (χ2n) is 3.43. The summed E-state index contributed by atoms with van der Waals surface area (Å²) in [5, 5.41) is 3.28. The maximum Gasteiger partial charge on any atom is 0.236 e. The molecule has 1 N–H and O–H groups in total. The molecule has 2 atom stereocenters. The minimum Gasteiger partial charge on any atom is -0.337 e. The van der Waals surface area contributed by atoms with Gasteiger partial charge in [-0.1, -0.05) is 15.9 Å². The van der Waals surface area contributed by atoms with Crippen molar-refractivity contribution in [2.75, 3.05) is 19.6 Å². The first-order chi connectivity index (χ1) is 5.79. The topological polar surface area (TPSA) is 32.3 Å². The number of alkyl halides is 1. The molecule has 2 aliphatic rings. The monoisotopic (exact) mass is 232 g/mol. The van der Waals surface area contributed by atoms with Crippen LogP contribution in [0.15, 0.2) is 0 Å². The number of amides is 1. The molecule has 0 aromatic heterocycles. The zero-order chi connectivity index (χ0) is 8.55. The summed E-state index contributed by atoms with van der Waals surface area (Å²) in [5.74, 6) is 0.281. The molecule has 0 aliphatic carbocycles. The third-order valence-corrected chi connectivity index (χ3v) is 3.50. The molecule has 68 valence electrons. The highest BCUT2D eigenvalue weighted by Gasteiger charge is 2.35. The Labute approximate surface area is 80.6 Å². The minimum absolute atomic E-state index is 0.0816. The van der Waals surface area contributed by atoms with Crippen molar-refractivity contribution >= 4 is 21.8 Å². The van der Waals surface area contributed by atoms with Gasteiger partial charge in [0.15, 0.2) is 0 Å². The molecule has 0 radical (unpaired) electrons. The summed E-state index contributed by atoms with van der Waals surface area (Å²) in [6.45, 7) is 2.97. The van der Waals surface area contributed by atoms with Crippen LogP contribution >= 0.6 is 15.9 Å². The Balaban J connectivity index is 1.99. The SMILES string of the molecule is O=C1C(Br)CCN1[C@@H]1CCNC1. The molecule has 1 unspecified atom stereocenters. The lowest BCUT2D eigenvalue weighted by molar-refractivity contribution is -0.128. The summed E-state index contributed by atoms with van der Waals surface area (Å²) < 4.78 is 0. The first-order valence-corrected chi connectivity index (χ1v) is 5.36. The van der Waals surface area contributed by atoms with Gasteiger partial charge in [0.2, 0.25) is 5.91 Å². The second-order valence-corrected chi connectivity index (χ2v) is 4.54. The third kappa shape index (κ3) is 1.38. The van der Waals surface area contributed by atoms with E-state index in [1.807, 2.05) is 4.90 Å². The normalized spacial score (nSPS) is 36.4. The van der Waals surface area contributed by atoms with Crippen LogP contribution in [0.25, 0.3) is 0 Å². The molecule has 2 rings (SSSR count). The van der Waals surface area contributed by atoms with E-state index in [2.05, 4.69) is 21.2 Å². The van der Waals surface area contributed by atoms with Crippen LogP contribution in [0.1, 0.15) is 12.8 Å². The fourth-order valence-electron chi connectivity index (χ4n) is 1.93. The number of hydrogen-bond donors (Lipinski definition) is 1. The Hall–Kier alpha value is -0.0900. The standard InChI is InChI=1S/C8H13BrN2O/c9-7-2-4-11(8(7)12)6-1-3-10-5-6/h6-7,10H,1-5H2/t6-,7?/m1/s1. The molecule has 0 spiro atoms. The van der Waals surface area contributed by atoms with Crippen LogP contribution in [0, 0.1) is 0 Å². The van der Waals surface area contributed by atoms with Gasteiger partial charge < -0.3 is 10.2 Å². The van der Waals surface area contributed by atoms with Crippen molar-refractivity contribution < 1.29 is 4.79 Å². The average molecular weight is 233 g/mol. The lowest BCUT2D eigenvalue weighted by Gasteiger charge is -2.22. The van der Waals surface area contributed by atoms with Crippen LogP contribution in [0.4, 0.5) is 0 Å². The summed E-state index contributed by atoms with van der Waals surface area (Å²) in [6.07, 6.45) is 2.08. The number of carbonyl (C=O) groups excluding carboxylic acids is 1. The van der Waals surface area contributed by atoms with Crippen molar-refractivity contribution in [2.24, 2.45) is 0 Å². The fourth-order valence-corrected chi connectivity index (χ4v) is 2.40. The maximum absolute atomic E-state index is 11.5. The van der Waals surface area contributed by atoms with Gasteiger partial charge in [0.1, 0.15) is 0 Å². The Morgan fingerprint density at radius 3 is 2.83 bits per heavy atom. The van der Waals surface area contributed by atoms with E-state index >= 15 is 0 Å². The maximum atomic E-state index is 11.5. The summed E-state index contributed by atoms with van der Waals surface area (Å²) >= 11 is 3.38. The van der Waals surface area contributed by atoms with Gasteiger partial charge >= 0.3 is 0 Å². The van der Waals surface area contributed by atoms with E-state index in [9.17, 15) is 4.79 Å². The van der Waals surface area contributed by atoms with Crippen molar-refractivity contribution in [3.63, 3.8) is 0 Å². The lowest BCUT2D eigenvalue weighted by atomic mass is 10.2. The van der Waals surface area contributed by atoms with Crippen molar-refractivity contribution in [1.29, 1.82) is 0 Å². The van der Waals surface area contributed by atoms with Crippen LogP contribution in [-0.4, -0.2) is 41.3 Å². The zero-order valence-corrected chi connectivity index (χ0v) is 8.51. The van der Waals surface area contributed by atoms with Crippen LogP contribution in [0.5, 0.6) is 0 Å². The van der Waals surface area contributed by atoms with E-state index < -0.39 is 0 Å². The van der Waals surface area contributed by atoms with Crippen molar-refractivity contribution in [2.45, 2.75) is 23.7 Å². The number of likely N-dealkylation sites (tertiary alicyclic amines) is 1. The molecule has 0 aromatic carbocycles. The van der Waals surface area contributed by atoms with E-state index in [0.717, 1.165) is 32.5 Å². The smallest absolute Gasteiger partial charge is 0.236 e. The first-order valence-electron chi connectivity index (χ1n) is 4.44. The Morgan fingerprint density at radius 1 is 1.50 bits per heavy atom. The van der Waals surface area contributed by atoms with Gasteiger partial charge in [-0.2, -0.15) is 0 Å². The summed E-state index contributed by atoms with van der Waals surface area (Å²) in [4.78, 5) is 13.6. The molecule has 0 bridgehead atoms. The quantitative estimate of drug-likeness (QED) is 0.662. The van der Waals surface area contributed by atoms with E-state index in [0.29, 0.717) is 6.04 Å². The number of nitrogens with zero attached hydrogens (tertiary/aromatic N) is 1. The number of carbonyl (C=O) groups is 1. The number of halogens is 1. The fraction of sp³-hybridized carbons (Fsp3) is 0.875. The molecular formula is C8H13BrN2O. The molecule has 2 saturated heterocycles. The van der Waals surface area contributed by atoms with Gasteiger partial charge in [0.05, 0.1) is 4.83 Å². The predicted molar refractivity (Wildman–Crippen MR) is 50.3 cm³/mol. The van der Waals surface area contributed by atoms with Crippen molar-refractivity contribution in [3.05, 3.63) is 0 Å². The Kier molecular flexibility index (Phi) is 2.37. The largest absolute Gasteiger partial charge is 0.337 e. The van der Waals surface area contributed by atoms with Crippen LogP contribution in [-0.2, 0) is 4.79 Å². The van der Waals surface area contributed by atoms with Crippen LogP contribution in [0.2, 0.25) is 0 Å². The molecule has 12 heavy (non-hydrogen) atoms. The lowest BCUT2D eigenvalue weighted by Crippen LogP contribution is -2.39. The summed E-state index contributed by atoms with van der Waals surface area (Å²) in [7, 11) is 0. The highest BCUT2D eigenvalue weighted by Crippen LogP contribution is 2.22. The van der Waals surface area contributed by atoms with Gasteiger partial charge in [-0.3, -0.25) is 4.79 Å². The van der Waals surface area contributed by atoms with Crippen molar-refractivity contribution in [3.8, 4) is 0 Å². The first kappa shape index (κ1) is 8.51. The number of nitrogens with one attached hydrogen (secondary N) is 1. The molecule has 0 aromatic rings. The molecule has 2 aliphatic heterocycles. The Morgan fingerprint density at radius 2 is 2.33 bits per heavy atom. The highest BCUT2D eigenvalue weighted by atomic mass is 79.9. The van der Waals surface area contributed by atoms with E-state index in [1.165, 1.54) is 0 Å². The highest BCUT2D eigenvalue weighted by molar-refractivity contribution is 9.10. The minimum atomic E-state index is 0.0816. The van der Waals surface area contributed by atoms with Crippen LogP contribution < -0.4 is 5.32 Å². The Bertz CT molecular complexity index is 191. The van der Waals surface area contributed by atoms with Crippen LogP contribution in [0.3, 0.4) is 0 Å². The van der Waals surface area contributed by atoms with E-state index in [4.69, 9.17) is 0 Å².